The Morgan fingerprint density at radius 1 is 1.14 bits per heavy atom. The molecule has 8 nitrogen and oxygen atoms in total. The van der Waals surface area contributed by atoms with Crippen LogP contribution in [0.4, 0.5) is 10.3 Å². The van der Waals surface area contributed by atoms with Gasteiger partial charge in [-0.05, 0) is 29.3 Å². The molecule has 0 amide bonds. The lowest BCUT2D eigenvalue weighted by atomic mass is 10.2. The SMILES string of the molecule is COc1nc2c(CN)cccc2n1-c1ncnc(NCc2cccc(F)c2)n1. The minimum Gasteiger partial charge on any atom is -0.468 e. The van der Waals surface area contributed by atoms with E-state index >= 15 is 0 Å². The molecule has 2 aromatic heterocycles. The van der Waals surface area contributed by atoms with Crippen LogP contribution in [0, 0.1) is 5.82 Å². The second kappa shape index (κ2) is 7.57. The zero-order chi connectivity index (χ0) is 19.5. The first-order chi connectivity index (χ1) is 13.7. The maximum absolute atomic E-state index is 13.3. The third-order valence-corrected chi connectivity index (χ3v) is 4.24. The van der Waals surface area contributed by atoms with E-state index in [0.717, 1.165) is 22.2 Å². The smallest absolute Gasteiger partial charge is 0.304 e. The largest absolute Gasteiger partial charge is 0.468 e. The topological polar surface area (TPSA) is 104 Å². The number of rotatable bonds is 6. The number of halogens is 1. The molecule has 4 rings (SSSR count). The van der Waals surface area contributed by atoms with Gasteiger partial charge in [0.15, 0.2) is 0 Å². The molecule has 0 atom stereocenters. The van der Waals surface area contributed by atoms with Gasteiger partial charge < -0.3 is 15.8 Å². The van der Waals surface area contributed by atoms with Crippen molar-refractivity contribution in [2.24, 2.45) is 5.73 Å². The van der Waals surface area contributed by atoms with Gasteiger partial charge in [0.2, 0.25) is 11.9 Å². The van der Waals surface area contributed by atoms with Crippen LogP contribution in [-0.2, 0) is 13.1 Å². The van der Waals surface area contributed by atoms with Crippen molar-refractivity contribution >= 4 is 17.0 Å². The number of imidazole rings is 1. The summed E-state index contributed by atoms with van der Waals surface area (Å²) >= 11 is 0. The molecule has 0 unspecified atom stereocenters. The van der Waals surface area contributed by atoms with E-state index in [4.69, 9.17) is 10.5 Å². The summed E-state index contributed by atoms with van der Waals surface area (Å²) in [5, 5.41) is 3.08. The second-order valence-corrected chi connectivity index (χ2v) is 6.02. The first kappa shape index (κ1) is 17.8. The first-order valence-electron chi connectivity index (χ1n) is 8.61. The number of benzene rings is 2. The molecule has 0 saturated heterocycles. The molecule has 9 heteroatoms. The van der Waals surface area contributed by atoms with E-state index in [1.165, 1.54) is 25.6 Å². The quantitative estimate of drug-likeness (QED) is 0.530. The minimum atomic E-state index is -0.291. The van der Waals surface area contributed by atoms with Crippen molar-refractivity contribution in [3.05, 3.63) is 65.7 Å². The molecule has 2 heterocycles. The van der Waals surface area contributed by atoms with Gasteiger partial charge in [-0.3, -0.25) is 0 Å². The van der Waals surface area contributed by atoms with Gasteiger partial charge >= 0.3 is 6.01 Å². The van der Waals surface area contributed by atoms with Crippen LogP contribution in [0.5, 0.6) is 6.01 Å². The van der Waals surface area contributed by atoms with Crippen molar-refractivity contribution < 1.29 is 9.13 Å². The Kier molecular flexibility index (Phi) is 4.81. The van der Waals surface area contributed by atoms with Crippen LogP contribution in [0.15, 0.2) is 48.8 Å². The number of anilines is 1. The number of nitrogens with zero attached hydrogens (tertiary/aromatic N) is 5. The molecule has 0 aliphatic carbocycles. The third kappa shape index (κ3) is 3.35. The van der Waals surface area contributed by atoms with E-state index in [-0.39, 0.29) is 5.82 Å². The highest BCUT2D eigenvalue weighted by Crippen LogP contribution is 2.26. The summed E-state index contributed by atoms with van der Waals surface area (Å²) < 4.78 is 20.4. The molecule has 4 aromatic rings. The van der Waals surface area contributed by atoms with Gasteiger partial charge in [0.05, 0.1) is 18.1 Å². The monoisotopic (exact) mass is 379 g/mol. The summed E-state index contributed by atoms with van der Waals surface area (Å²) in [6.07, 6.45) is 1.40. The molecule has 3 N–H and O–H groups in total. The first-order valence-corrected chi connectivity index (χ1v) is 8.61. The average molecular weight is 379 g/mol. The van der Waals surface area contributed by atoms with E-state index in [9.17, 15) is 4.39 Å². The fraction of sp³-hybridized carbons (Fsp3) is 0.158. The maximum Gasteiger partial charge on any atom is 0.304 e. The molecule has 28 heavy (non-hydrogen) atoms. The number of fused-ring (bicyclic) bond motifs is 1. The number of methoxy groups -OCH3 is 1. The third-order valence-electron chi connectivity index (χ3n) is 4.24. The van der Waals surface area contributed by atoms with E-state index in [0.29, 0.717) is 31.0 Å². The van der Waals surface area contributed by atoms with E-state index in [1.807, 2.05) is 24.3 Å². The standard InChI is InChI=1S/C19H18FN7O/c1-28-19-25-16-13(9-21)5-3-7-15(16)27(19)18-24-11-23-17(26-18)22-10-12-4-2-6-14(20)8-12/h2-8,11H,9-10,21H2,1H3,(H,22,23,24,26). The van der Waals surface area contributed by atoms with E-state index < -0.39 is 0 Å². The van der Waals surface area contributed by atoms with Crippen molar-refractivity contribution in [3.8, 4) is 12.0 Å². The Morgan fingerprint density at radius 3 is 2.79 bits per heavy atom. The van der Waals surface area contributed by atoms with Gasteiger partial charge in [0, 0.05) is 13.1 Å². The van der Waals surface area contributed by atoms with E-state index in [1.54, 1.807) is 10.6 Å². The lowest BCUT2D eigenvalue weighted by Gasteiger charge is -2.09. The predicted octanol–water partition coefficient (Wildman–Crippen LogP) is 2.43. The van der Waals surface area contributed by atoms with Crippen LogP contribution < -0.4 is 15.8 Å². The Labute approximate surface area is 160 Å². The van der Waals surface area contributed by atoms with Crippen molar-refractivity contribution in [2.75, 3.05) is 12.4 Å². The molecule has 142 valence electrons. The zero-order valence-electron chi connectivity index (χ0n) is 15.1. The molecular formula is C19H18FN7O. The molecule has 0 saturated carbocycles. The molecule has 0 radical (unpaired) electrons. The van der Waals surface area contributed by atoms with Gasteiger partial charge in [-0.2, -0.15) is 9.97 Å². The van der Waals surface area contributed by atoms with Crippen LogP contribution in [0.25, 0.3) is 17.0 Å². The molecule has 0 spiro atoms. The molecular weight excluding hydrogens is 361 g/mol. The highest BCUT2D eigenvalue weighted by atomic mass is 19.1. The lowest BCUT2D eigenvalue weighted by molar-refractivity contribution is 0.374. The fourth-order valence-corrected chi connectivity index (χ4v) is 2.94. The Hall–Kier alpha value is -3.59. The highest BCUT2D eigenvalue weighted by molar-refractivity contribution is 5.81. The number of hydrogen-bond donors (Lipinski definition) is 2. The number of ether oxygens (including phenoxy) is 1. The number of nitrogens with two attached hydrogens (primary N) is 1. The van der Waals surface area contributed by atoms with Gasteiger partial charge in [0.1, 0.15) is 12.1 Å². The molecule has 0 fully saturated rings. The second-order valence-electron chi connectivity index (χ2n) is 6.02. The van der Waals surface area contributed by atoms with Crippen molar-refractivity contribution in [1.82, 2.24) is 24.5 Å². The van der Waals surface area contributed by atoms with E-state index in [2.05, 4.69) is 25.3 Å². The summed E-state index contributed by atoms with van der Waals surface area (Å²) in [4.78, 5) is 17.4. The van der Waals surface area contributed by atoms with Gasteiger partial charge in [-0.15, -0.1) is 0 Å². The van der Waals surface area contributed by atoms with Crippen molar-refractivity contribution in [3.63, 3.8) is 0 Å². The molecule has 0 bridgehead atoms. The summed E-state index contributed by atoms with van der Waals surface area (Å²) in [7, 11) is 1.53. The molecule has 0 aliphatic rings. The maximum atomic E-state index is 13.3. The molecule has 0 aliphatic heterocycles. The summed E-state index contributed by atoms with van der Waals surface area (Å²) in [5.41, 5.74) is 9.00. The van der Waals surface area contributed by atoms with Gasteiger partial charge in [-0.1, -0.05) is 24.3 Å². The van der Waals surface area contributed by atoms with Crippen molar-refractivity contribution in [1.29, 1.82) is 0 Å². The summed E-state index contributed by atoms with van der Waals surface area (Å²) in [5.74, 6) is 0.416. The Bertz CT molecular complexity index is 1130. The van der Waals surface area contributed by atoms with Crippen LogP contribution in [0.2, 0.25) is 0 Å². The fourth-order valence-electron chi connectivity index (χ4n) is 2.94. The number of hydrogen-bond acceptors (Lipinski definition) is 7. The molecule has 2 aromatic carbocycles. The Morgan fingerprint density at radius 2 is 2.00 bits per heavy atom. The van der Waals surface area contributed by atoms with Gasteiger partial charge in [0.25, 0.3) is 0 Å². The normalized spacial score (nSPS) is 11.0. The van der Waals surface area contributed by atoms with Crippen LogP contribution >= 0.6 is 0 Å². The van der Waals surface area contributed by atoms with Gasteiger partial charge in [-0.25, -0.2) is 18.9 Å². The lowest BCUT2D eigenvalue weighted by Crippen LogP contribution is -2.09. The minimum absolute atomic E-state index is 0.291. The van der Waals surface area contributed by atoms with Crippen LogP contribution in [-0.4, -0.2) is 31.6 Å². The highest BCUT2D eigenvalue weighted by Gasteiger charge is 2.17. The zero-order valence-corrected chi connectivity index (χ0v) is 15.1. The number of aromatic nitrogens is 5. The number of nitrogens with one attached hydrogen (secondary N) is 1. The Balaban J connectivity index is 1.69. The number of para-hydroxylation sites is 1. The summed E-state index contributed by atoms with van der Waals surface area (Å²) in [6.45, 7) is 0.732. The average Bonchev–Trinajstić information content (AvgIpc) is 3.11. The summed E-state index contributed by atoms with van der Waals surface area (Å²) in [6, 6.07) is 12.4. The van der Waals surface area contributed by atoms with Crippen LogP contribution in [0.3, 0.4) is 0 Å². The predicted molar refractivity (Wildman–Crippen MR) is 103 cm³/mol. The van der Waals surface area contributed by atoms with Crippen molar-refractivity contribution in [2.45, 2.75) is 13.1 Å². The van der Waals surface area contributed by atoms with Crippen LogP contribution in [0.1, 0.15) is 11.1 Å².